The first kappa shape index (κ1) is 20.5. The first-order valence-electron chi connectivity index (χ1n) is 8.90. The Hall–Kier alpha value is -1.50. The number of aliphatic imine (C=N–C) groups is 1. The molecule has 0 saturated carbocycles. The van der Waals surface area contributed by atoms with Crippen molar-refractivity contribution in [2.24, 2.45) is 16.6 Å². The molecule has 7 nitrogen and oxygen atoms in total. The highest BCUT2D eigenvalue weighted by molar-refractivity contribution is 5.78. The van der Waals surface area contributed by atoms with Gasteiger partial charge in [-0.1, -0.05) is 13.3 Å². The topological polar surface area (TPSA) is 91.4 Å². The van der Waals surface area contributed by atoms with Crippen LogP contribution in [0.2, 0.25) is 0 Å². The minimum atomic E-state index is -0.476. The van der Waals surface area contributed by atoms with Crippen LogP contribution in [0.3, 0.4) is 0 Å². The quantitative estimate of drug-likeness (QED) is 0.566. The Labute approximate surface area is 145 Å². The summed E-state index contributed by atoms with van der Waals surface area (Å²) in [4.78, 5) is 20.3. The van der Waals surface area contributed by atoms with Crippen LogP contribution in [0.15, 0.2) is 4.99 Å². The second-order valence-electron chi connectivity index (χ2n) is 7.32. The molecule has 0 aromatic rings. The molecule has 0 aromatic carbocycles. The van der Waals surface area contributed by atoms with Crippen molar-refractivity contribution in [1.82, 2.24) is 9.80 Å². The largest absolute Gasteiger partial charge is 0.444 e. The molecule has 1 amide bonds. The van der Waals surface area contributed by atoms with Crippen LogP contribution in [0.5, 0.6) is 0 Å². The SMILES string of the molecule is CCCC(CCO)CN=C(N)N1CCN(C(=O)OC(C)(C)C)CC1. The van der Waals surface area contributed by atoms with Crippen molar-refractivity contribution in [2.45, 2.75) is 52.6 Å². The number of piperazine rings is 1. The van der Waals surface area contributed by atoms with Gasteiger partial charge in [-0.05, 0) is 39.5 Å². The van der Waals surface area contributed by atoms with Gasteiger partial charge in [0.1, 0.15) is 5.60 Å². The Bertz CT molecular complexity index is 407. The molecule has 0 radical (unpaired) electrons. The van der Waals surface area contributed by atoms with Crippen molar-refractivity contribution >= 4 is 12.1 Å². The van der Waals surface area contributed by atoms with Crippen molar-refractivity contribution in [3.05, 3.63) is 0 Å². The average molecular weight is 342 g/mol. The fraction of sp³-hybridized carbons (Fsp3) is 0.882. The molecule has 1 aliphatic rings. The van der Waals surface area contributed by atoms with Gasteiger partial charge in [0.25, 0.3) is 0 Å². The van der Waals surface area contributed by atoms with E-state index in [1.165, 1.54) is 0 Å². The van der Waals surface area contributed by atoms with Crippen LogP contribution in [0.25, 0.3) is 0 Å². The summed E-state index contributed by atoms with van der Waals surface area (Å²) in [5.74, 6) is 0.902. The lowest BCUT2D eigenvalue weighted by atomic mass is 10.0. The Kier molecular flexibility index (Phi) is 8.31. The van der Waals surface area contributed by atoms with Crippen molar-refractivity contribution < 1.29 is 14.6 Å². The summed E-state index contributed by atoms with van der Waals surface area (Å²) in [6.07, 6.45) is 2.61. The van der Waals surface area contributed by atoms with Crippen LogP contribution in [-0.2, 0) is 4.74 Å². The van der Waals surface area contributed by atoms with Crippen LogP contribution in [0.4, 0.5) is 4.79 Å². The zero-order chi connectivity index (χ0) is 18.2. The van der Waals surface area contributed by atoms with Crippen LogP contribution in [0, 0.1) is 5.92 Å². The number of aliphatic hydroxyl groups excluding tert-OH is 1. The van der Waals surface area contributed by atoms with Crippen LogP contribution >= 0.6 is 0 Å². The smallest absolute Gasteiger partial charge is 0.410 e. The lowest BCUT2D eigenvalue weighted by Crippen LogP contribution is -2.53. The standard InChI is InChI=1S/C17H34N4O3/c1-5-6-14(7-12-22)13-19-15(18)20-8-10-21(11-9-20)16(23)24-17(2,3)4/h14,22H,5-13H2,1-4H3,(H2,18,19). The zero-order valence-electron chi connectivity index (χ0n) is 15.6. The first-order valence-corrected chi connectivity index (χ1v) is 8.90. The molecule has 7 heteroatoms. The van der Waals surface area contributed by atoms with Crippen LogP contribution < -0.4 is 5.73 Å². The highest BCUT2D eigenvalue weighted by Crippen LogP contribution is 2.13. The van der Waals surface area contributed by atoms with E-state index < -0.39 is 5.60 Å². The molecule has 1 rings (SSSR count). The van der Waals surface area contributed by atoms with E-state index in [2.05, 4.69) is 11.9 Å². The number of rotatable bonds is 6. The number of guanidine groups is 1. The fourth-order valence-electron chi connectivity index (χ4n) is 2.68. The summed E-state index contributed by atoms with van der Waals surface area (Å²) in [6.45, 7) is 11.1. The van der Waals surface area contributed by atoms with Gasteiger partial charge in [0.05, 0.1) is 0 Å². The highest BCUT2D eigenvalue weighted by Gasteiger charge is 2.26. The van der Waals surface area contributed by atoms with Gasteiger partial charge in [-0.25, -0.2) is 4.79 Å². The third-order valence-electron chi connectivity index (χ3n) is 4.00. The summed E-state index contributed by atoms with van der Waals surface area (Å²) in [5.41, 5.74) is 5.61. The summed E-state index contributed by atoms with van der Waals surface area (Å²) in [5, 5.41) is 9.10. The van der Waals surface area contributed by atoms with Gasteiger partial charge in [-0.15, -0.1) is 0 Å². The number of amides is 1. The van der Waals surface area contributed by atoms with Gasteiger partial charge in [-0.3, -0.25) is 4.99 Å². The van der Waals surface area contributed by atoms with E-state index in [1.807, 2.05) is 25.7 Å². The zero-order valence-corrected chi connectivity index (χ0v) is 15.6. The molecule has 0 aliphatic carbocycles. The number of hydrogen-bond acceptors (Lipinski definition) is 4. The maximum absolute atomic E-state index is 12.0. The Morgan fingerprint density at radius 1 is 1.21 bits per heavy atom. The van der Waals surface area contributed by atoms with Gasteiger partial charge in [-0.2, -0.15) is 0 Å². The van der Waals surface area contributed by atoms with Crippen LogP contribution in [0.1, 0.15) is 47.0 Å². The molecule has 1 heterocycles. The first-order chi connectivity index (χ1) is 11.3. The highest BCUT2D eigenvalue weighted by atomic mass is 16.6. The van der Waals surface area contributed by atoms with E-state index in [4.69, 9.17) is 15.6 Å². The number of ether oxygens (including phenoxy) is 1. The maximum atomic E-state index is 12.0. The number of hydrogen-bond donors (Lipinski definition) is 2. The second-order valence-corrected chi connectivity index (χ2v) is 7.32. The third-order valence-corrected chi connectivity index (χ3v) is 4.00. The molecule has 140 valence electrons. The lowest BCUT2D eigenvalue weighted by molar-refractivity contribution is 0.0186. The molecule has 0 bridgehead atoms. The maximum Gasteiger partial charge on any atom is 0.410 e. The molecule has 1 unspecified atom stereocenters. The Morgan fingerprint density at radius 2 is 1.79 bits per heavy atom. The van der Waals surface area contributed by atoms with Crippen molar-refractivity contribution in [3.8, 4) is 0 Å². The predicted octanol–water partition coefficient (Wildman–Crippen LogP) is 1.65. The Morgan fingerprint density at radius 3 is 2.29 bits per heavy atom. The summed E-state index contributed by atoms with van der Waals surface area (Å²) >= 11 is 0. The van der Waals surface area contributed by atoms with Gasteiger partial charge in [0, 0.05) is 39.3 Å². The normalized spacial score (nSPS) is 17.8. The fourth-order valence-corrected chi connectivity index (χ4v) is 2.68. The molecule has 24 heavy (non-hydrogen) atoms. The molecule has 1 fully saturated rings. The number of aliphatic hydroxyl groups is 1. The molecule has 3 N–H and O–H groups in total. The summed E-state index contributed by atoms with van der Waals surface area (Å²) in [7, 11) is 0. The van der Waals surface area contributed by atoms with Gasteiger partial charge < -0.3 is 25.4 Å². The molecule has 1 atom stereocenters. The number of carbonyl (C=O) groups is 1. The minimum absolute atomic E-state index is 0.189. The monoisotopic (exact) mass is 342 g/mol. The molecule has 1 aliphatic heterocycles. The third kappa shape index (κ3) is 7.38. The molecule has 0 aromatic heterocycles. The molecule has 0 spiro atoms. The van der Waals surface area contributed by atoms with Crippen molar-refractivity contribution in [3.63, 3.8) is 0 Å². The van der Waals surface area contributed by atoms with E-state index in [9.17, 15) is 4.79 Å². The van der Waals surface area contributed by atoms with E-state index in [0.717, 1.165) is 19.3 Å². The number of nitrogens with zero attached hydrogens (tertiary/aromatic N) is 3. The predicted molar refractivity (Wildman–Crippen MR) is 96.0 cm³/mol. The van der Waals surface area contributed by atoms with E-state index in [1.54, 1.807) is 4.90 Å². The molecular weight excluding hydrogens is 308 g/mol. The lowest BCUT2D eigenvalue weighted by Gasteiger charge is -2.36. The minimum Gasteiger partial charge on any atom is -0.444 e. The van der Waals surface area contributed by atoms with Gasteiger partial charge >= 0.3 is 6.09 Å². The van der Waals surface area contributed by atoms with Gasteiger partial charge in [0.15, 0.2) is 5.96 Å². The molecular formula is C17H34N4O3. The van der Waals surface area contributed by atoms with Gasteiger partial charge in [0.2, 0.25) is 0 Å². The summed E-state index contributed by atoms with van der Waals surface area (Å²) < 4.78 is 5.39. The Balaban J connectivity index is 2.45. The van der Waals surface area contributed by atoms with Crippen LogP contribution in [-0.4, -0.2) is 71.9 Å². The number of carbonyl (C=O) groups excluding carboxylic acids is 1. The summed E-state index contributed by atoms with van der Waals surface area (Å²) in [6, 6.07) is 0. The number of nitrogens with two attached hydrogens (primary N) is 1. The average Bonchev–Trinajstić information content (AvgIpc) is 2.51. The second kappa shape index (κ2) is 9.71. The molecule has 1 saturated heterocycles. The van der Waals surface area contributed by atoms with E-state index >= 15 is 0 Å². The van der Waals surface area contributed by atoms with E-state index in [0.29, 0.717) is 44.6 Å². The van der Waals surface area contributed by atoms with E-state index in [-0.39, 0.29) is 12.7 Å². The van der Waals surface area contributed by atoms with Crippen molar-refractivity contribution in [2.75, 3.05) is 39.3 Å². The van der Waals surface area contributed by atoms with Crippen molar-refractivity contribution in [1.29, 1.82) is 0 Å².